The molecule has 0 heterocycles. The summed E-state index contributed by atoms with van der Waals surface area (Å²) >= 11 is 4.30. The Balaban J connectivity index is 2.06. The van der Waals surface area contributed by atoms with Crippen molar-refractivity contribution in [2.24, 2.45) is 0 Å². The second kappa shape index (κ2) is 11.6. The number of benzene rings is 2. The molecule has 0 fully saturated rings. The molecule has 14 heteroatoms. The third-order valence-electron chi connectivity index (χ3n) is 4.50. The SMILES string of the molecule is CCOP(=O)(OCC)C(F)(F)c1ccc(CSCc2ccc(C(F)(F)P(=O)(O)O)c(Br)c2)cc1. The maximum atomic E-state index is 14.8. The van der Waals surface area contributed by atoms with E-state index in [9.17, 15) is 26.7 Å². The van der Waals surface area contributed by atoms with Gasteiger partial charge in [-0.2, -0.15) is 29.3 Å². The normalized spacial score (nSPS) is 13.3. The molecule has 190 valence electrons. The summed E-state index contributed by atoms with van der Waals surface area (Å²) in [5, 5.41) is 0. The van der Waals surface area contributed by atoms with Crippen LogP contribution >= 0.6 is 42.9 Å². The molecular weight excluding hydrogens is 586 g/mol. The fraction of sp³-hybridized carbons (Fsp3) is 0.400. The molecule has 0 unspecified atom stereocenters. The summed E-state index contributed by atoms with van der Waals surface area (Å²) in [6.45, 7) is 2.49. The molecule has 0 saturated carbocycles. The molecule has 0 aliphatic carbocycles. The first-order chi connectivity index (χ1) is 15.7. The van der Waals surface area contributed by atoms with Crippen LogP contribution in [0.25, 0.3) is 0 Å². The topological polar surface area (TPSA) is 93.1 Å². The first-order valence-corrected chi connectivity index (χ1v) is 15.0. The van der Waals surface area contributed by atoms with Gasteiger partial charge in [-0.05, 0) is 31.0 Å². The number of hydrogen-bond donors (Lipinski definition) is 2. The van der Waals surface area contributed by atoms with Gasteiger partial charge in [-0.15, -0.1) is 0 Å². The van der Waals surface area contributed by atoms with Gasteiger partial charge in [0.15, 0.2) is 0 Å². The van der Waals surface area contributed by atoms with Crippen molar-refractivity contribution >= 4 is 42.9 Å². The Morgan fingerprint density at radius 2 is 1.38 bits per heavy atom. The third-order valence-corrected chi connectivity index (χ3v) is 9.35. The third kappa shape index (κ3) is 6.53. The summed E-state index contributed by atoms with van der Waals surface area (Å²) in [5.41, 5.74) is -8.17. The molecule has 34 heavy (non-hydrogen) atoms. The smallest absolute Gasteiger partial charge is 0.320 e. The highest BCUT2D eigenvalue weighted by Gasteiger charge is 2.54. The number of thioether (sulfide) groups is 1. The average Bonchev–Trinajstić information content (AvgIpc) is 2.73. The van der Waals surface area contributed by atoms with Crippen LogP contribution in [-0.2, 0) is 41.0 Å². The maximum absolute atomic E-state index is 14.8. The van der Waals surface area contributed by atoms with Gasteiger partial charge in [-0.3, -0.25) is 9.13 Å². The molecule has 2 N–H and O–H groups in total. The van der Waals surface area contributed by atoms with Crippen LogP contribution < -0.4 is 0 Å². The highest BCUT2D eigenvalue weighted by molar-refractivity contribution is 9.10. The quantitative estimate of drug-likeness (QED) is 0.191. The fourth-order valence-corrected chi connectivity index (χ4v) is 6.66. The molecule has 2 aromatic rings. The highest BCUT2D eigenvalue weighted by Crippen LogP contribution is 2.66. The van der Waals surface area contributed by atoms with Gasteiger partial charge in [0, 0.05) is 27.1 Å². The Morgan fingerprint density at radius 3 is 1.85 bits per heavy atom. The molecule has 0 radical (unpaired) electrons. The summed E-state index contributed by atoms with van der Waals surface area (Å²) in [7, 11) is -10.4. The number of hydrogen-bond acceptors (Lipinski definition) is 5. The van der Waals surface area contributed by atoms with Crippen LogP contribution in [0.4, 0.5) is 17.6 Å². The minimum Gasteiger partial charge on any atom is -0.320 e. The van der Waals surface area contributed by atoms with E-state index in [4.69, 9.17) is 18.8 Å². The minimum atomic E-state index is -5.68. The zero-order valence-electron chi connectivity index (χ0n) is 18.1. The van der Waals surface area contributed by atoms with E-state index < -0.39 is 37.6 Å². The van der Waals surface area contributed by atoms with E-state index in [0.29, 0.717) is 22.6 Å². The number of alkyl halides is 4. The summed E-state index contributed by atoms with van der Waals surface area (Å²) in [4.78, 5) is 17.8. The first-order valence-electron chi connectivity index (χ1n) is 9.86. The summed E-state index contributed by atoms with van der Waals surface area (Å²) in [6.07, 6.45) is 0. The lowest BCUT2D eigenvalue weighted by molar-refractivity contribution is 0.0360. The molecule has 0 amide bonds. The zero-order valence-corrected chi connectivity index (χ0v) is 22.3. The van der Waals surface area contributed by atoms with Crippen LogP contribution in [0.15, 0.2) is 46.9 Å². The summed E-state index contributed by atoms with van der Waals surface area (Å²) in [5.74, 6) is 0.764. The van der Waals surface area contributed by atoms with Gasteiger partial charge in [0.25, 0.3) is 0 Å². The molecule has 0 saturated heterocycles. The second-order valence-electron chi connectivity index (χ2n) is 6.96. The van der Waals surface area contributed by atoms with Gasteiger partial charge < -0.3 is 18.8 Å². The van der Waals surface area contributed by atoms with E-state index in [0.717, 1.165) is 18.2 Å². The molecule has 2 rings (SSSR count). The molecular formula is C20H23BrF4O6P2S. The van der Waals surface area contributed by atoms with Crippen molar-refractivity contribution in [2.75, 3.05) is 13.2 Å². The van der Waals surface area contributed by atoms with Crippen LogP contribution in [0.2, 0.25) is 0 Å². The summed E-state index contributed by atoms with van der Waals surface area (Å²) in [6, 6.07) is 8.83. The van der Waals surface area contributed by atoms with Crippen molar-refractivity contribution in [3.05, 3.63) is 69.2 Å². The Morgan fingerprint density at radius 1 is 0.882 bits per heavy atom. The van der Waals surface area contributed by atoms with Gasteiger partial charge in [0.2, 0.25) is 0 Å². The molecule has 0 aromatic heterocycles. The van der Waals surface area contributed by atoms with Gasteiger partial charge in [0.05, 0.1) is 13.2 Å². The maximum Gasteiger partial charge on any atom is 0.404 e. The predicted octanol–water partition coefficient (Wildman–Crippen LogP) is 7.42. The highest BCUT2D eigenvalue weighted by atomic mass is 79.9. The summed E-state index contributed by atoms with van der Waals surface area (Å²) < 4.78 is 90.4. The molecule has 0 atom stereocenters. The lowest BCUT2D eigenvalue weighted by Crippen LogP contribution is -2.18. The zero-order chi connectivity index (χ0) is 25.8. The van der Waals surface area contributed by atoms with Crippen LogP contribution in [0.5, 0.6) is 0 Å². The van der Waals surface area contributed by atoms with Crippen molar-refractivity contribution in [3.63, 3.8) is 0 Å². The van der Waals surface area contributed by atoms with Gasteiger partial charge >= 0.3 is 26.5 Å². The largest absolute Gasteiger partial charge is 0.404 e. The van der Waals surface area contributed by atoms with E-state index in [2.05, 4.69) is 15.9 Å². The Hall–Kier alpha value is -0.710. The number of halogens is 5. The van der Waals surface area contributed by atoms with Crippen molar-refractivity contribution < 1.29 is 45.5 Å². The standard InChI is InChI=1S/C20H23BrF4O6P2S/c1-3-30-33(29,31-4-2)19(22,23)16-8-5-14(6-9-16)12-34-13-15-7-10-17(18(21)11-15)20(24,25)32(26,27)28/h5-11H,3-4,12-13H2,1-2H3,(H2,26,27,28). The average molecular weight is 609 g/mol. The molecule has 6 nitrogen and oxygen atoms in total. The number of rotatable bonds is 12. The van der Waals surface area contributed by atoms with Crippen molar-refractivity contribution in [1.29, 1.82) is 0 Å². The minimum absolute atomic E-state index is 0.140. The molecule has 0 aliphatic heterocycles. The van der Waals surface area contributed by atoms with Crippen LogP contribution in [0, 0.1) is 0 Å². The van der Waals surface area contributed by atoms with Crippen LogP contribution in [-0.4, -0.2) is 23.0 Å². The Kier molecular flexibility index (Phi) is 10.0. The molecule has 2 aromatic carbocycles. The van der Waals surface area contributed by atoms with Crippen molar-refractivity contribution in [3.8, 4) is 0 Å². The van der Waals surface area contributed by atoms with Crippen molar-refractivity contribution in [1.82, 2.24) is 0 Å². The second-order valence-corrected chi connectivity index (χ2v) is 12.5. The van der Waals surface area contributed by atoms with Gasteiger partial charge in [0.1, 0.15) is 0 Å². The van der Waals surface area contributed by atoms with Gasteiger partial charge in [-0.1, -0.05) is 52.3 Å². The van der Waals surface area contributed by atoms with E-state index in [1.807, 2.05) is 0 Å². The molecule has 0 spiro atoms. The molecule has 0 bridgehead atoms. The van der Waals surface area contributed by atoms with Crippen molar-refractivity contribution in [2.45, 2.75) is 36.7 Å². The van der Waals surface area contributed by atoms with E-state index in [1.165, 1.54) is 49.9 Å². The first kappa shape index (κ1) is 29.5. The van der Waals surface area contributed by atoms with Crippen LogP contribution in [0.1, 0.15) is 36.1 Å². The Bertz CT molecular complexity index is 1070. The van der Waals surface area contributed by atoms with Gasteiger partial charge in [-0.25, -0.2) is 0 Å². The Labute approximate surface area is 207 Å². The van der Waals surface area contributed by atoms with E-state index >= 15 is 0 Å². The van der Waals surface area contributed by atoms with E-state index in [-0.39, 0.29) is 17.7 Å². The fourth-order valence-electron chi connectivity index (χ4n) is 2.83. The monoisotopic (exact) mass is 608 g/mol. The van der Waals surface area contributed by atoms with E-state index in [1.54, 1.807) is 0 Å². The molecule has 0 aliphatic rings. The predicted molar refractivity (Wildman–Crippen MR) is 126 cm³/mol. The lowest BCUT2D eigenvalue weighted by Gasteiger charge is -2.26. The lowest BCUT2D eigenvalue weighted by atomic mass is 10.1. The van der Waals surface area contributed by atoms with Crippen LogP contribution in [0.3, 0.4) is 0 Å².